The Hall–Kier alpha value is -1.99. The monoisotopic (exact) mass is 355 g/mol. The third kappa shape index (κ3) is 4.40. The summed E-state index contributed by atoms with van der Waals surface area (Å²) in [7, 11) is 0. The van der Waals surface area contributed by atoms with Crippen molar-refractivity contribution in [3.63, 3.8) is 0 Å². The number of aromatic amines is 1. The summed E-state index contributed by atoms with van der Waals surface area (Å²) in [5.74, 6) is 1.81. The van der Waals surface area contributed by atoms with Crippen molar-refractivity contribution in [2.45, 2.75) is 32.1 Å². The Morgan fingerprint density at radius 1 is 1.23 bits per heavy atom. The van der Waals surface area contributed by atoms with Gasteiger partial charge in [-0.15, -0.1) is 0 Å². The number of hydrogen-bond donors (Lipinski definition) is 3. The van der Waals surface area contributed by atoms with Gasteiger partial charge in [0.2, 0.25) is 0 Å². The number of nitrogens with one attached hydrogen (secondary N) is 3. The standard InChI is InChI=1S/C19H29N7/c1-2-16(10-20-6-1)13-26-8-4-17-18(5-9-26)22-14-23-19(17)21-7-3-15-11-24-25-12-15/h11-12,14,16,20H,1-10,13H2,(H,24,25)(H,21,22,23)/t16-/m0/s1. The molecule has 7 nitrogen and oxygen atoms in total. The first-order valence-electron chi connectivity index (χ1n) is 9.86. The van der Waals surface area contributed by atoms with Crippen molar-refractivity contribution < 1.29 is 0 Å². The predicted molar refractivity (Wildman–Crippen MR) is 102 cm³/mol. The van der Waals surface area contributed by atoms with Gasteiger partial charge in [-0.25, -0.2) is 9.97 Å². The van der Waals surface area contributed by atoms with Gasteiger partial charge in [-0.05, 0) is 50.3 Å². The molecule has 0 unspecified atom stereocenters. The maximum atomic E-state index is 4.57. The molecule has 0 saturated carbocycles. The van der Waals surface area contributed by atoms with Gasteiger partial charge in [0, 0.05) is 44.4 Å². The van der Waals surface area contributed by atoms with E-state index < -0.39 is 0 Å². The molecule has 0 aliphatic carbocycles. The van der Waals surface area contributed by atoms with Crippen molar-refractivity contribution >= 4 is 5.82 Å². The lowest BCUT2D eigenvalue weighted by atomic mass is 9.99. The zero-order chi connectivity index (χ0) is 17.6. The van der Waals surface area contributed by atoms with E-state index in [1.54, 1.807) is 6.33 Å². The molecule has 1 fully saturated rings. The largest absolute Gasteiger partial charge is 0.369 e. The van der Waals surface area contributed by atoms with Gasteiger partial charge < -0.3 is 15.5 Å². The van der Waals surface area contributed by atoms with Crippen LogP contribution in [0.2, 0.25) is 0 Å². The van der Waals surface area contributed by atoms with Crippen LogP contribution in [0.1, 0.15) is 29.7 Å². The topological polar surface area (TPSA) is 81.8 Å². The number of nitrogens with zero attached hydrogens (tertiary/aromatic N) is 4. The normalized spacial score (nSPS) is 21.2. The van der Waals surface area contributed by atoms with Crippen molar-refractivity contribution in [2.75, 3.05) is 44.6 Å². The number of fused-ring (bicyclic) bond motifs is 1. The molecule has 140 valence electrons. The molecule has 1 saturated heterocycles. The molecular formula is C19H29N7. The summed E-state index contributed by atoms with van der Waals surface area (Å²) in [6, 6.07) is 0. The van der Waals surface area contributed by atoms with Gasteiger partial charge in [-0.3, -0.25) is 5.10 Å². The number of anilines is 1. The highest BCUT2D eigenvalue weighted by atomic mass is 15.1. The first-order chi connectivity index (χ1) is 12.9. The molecule has 0 amide bonds. The van der Waals surface area contributed by atoms with E-state index in [0.29, 0.717) is 0 Å². The van der Waals surface area contributed by atoms with Crippen molar-refractivity contribution in [3.8, 4) is 0 Å². The van der Waals surface area contributed by atoms with E-state index in [1.807, 2.05) is 12.4 Å². The summed E-state index contributed by atoms with van der Waals surface area (Å²) in [5, 5.41) is 13.9. The Labute approximate surface area is 155 Å². The molecule has 0 spiro atoms. The van der Waals surface area contributed by atoms with E-state index in [2.05, 4.69) is 35.7 Å². The van der Waals surface area contributed by atoms with E-state index in [4.69, 9.17) is 0 Å². The van der Waals surface area contributed by atoms with Crippen LogP contribution in [-0.2, 0) is 19.3 Å². The second-order valence-electron chi connectivity index (χ2n) is 7.44. The molecule has 2 aromatic rings. The molecule has 2 aliphatic heterocycles. The summed E-state index contributed by atoms with van der Waals surface area (Å²) in [6.45, 7) is 6.63. The lowest BCUT2D eigenvalue weighted by Crippen LogP contribution is -2.39. The second kappa shape index (κ2) is 8.60. The van der Waals surface area contributed by atoms with Crippen LogP contribution in [0.3, 0.4) is 0 Å². The van der Waals surface area contributed by atoms with Gasteiger partial charge in [0.1, 0.15) is 12.1 Å². The Kier molecular flexibility index (Phi) is 5.76. The fourth-order valence-corrected chi connectivity index (χ4v) is 4.09. The van der Waals surface area contributed by atoms with E-state index in [-0.39, 0.29) is 0 Å². The summed E-state index contributed by atoms with van der Waals surface area (Å²) in [6.07, 6.45) is 11.2. The van der Waals surface area contributed by atoms with Gasteiger partial charge in [0.05, 0.1) is 11.9 Å². The molecule has 4 rings (SSSR count). The molecule has 3 N–H and O–H groups in total. The van der Waals surface area contributed by atoms with Gasteiger partial charge in [0.15, 0.2) is 0 Å². The van der Waals surface area contributed by atoms with Crippen molar-refractivity contribution in [3.05, 3.63) is 35.5 Å². The van der Waals surface area contributed by atoms with Crippen LogP contribution >= 0.6 is 0 Å². The number of piperidine rings is 1. The van der Waals surface area contributed by atoms with Crippen molar-refractivity contribution in [2.24, 2.45) is 5.92 Å². The maximum absolute atomic E-state index is 4.57. The minimum absolute atomic E-state index is 0.795. The highest BCUT2D eigenvalue weighted by Gasteiger charge is 2.21. The van der Waals surface area contributed by atoms with Crippen LogP contribution in [0.4, 0.5) is 5.82 Å². The molecular weight excluding hydrogens is 326 g/mol. The Morgan fingerprint density at radius 2 is 2.19 bits per heavy atom. The minimum Gasteiger partial charge on any atom is -0.369 e. The van der Waals surface area contributed by atoms with E-state index in [1.165, 1.54) is 49.3 Å². The smallest absolute Gasteiger partial charge is 0.132 e. The van der Waals surface area contributed by atoms with E-state index in [0.717, 1.165) is 50.6 Å². The SMILES string of the molecule is c1nc2c(c(NCCc3cn[nH]c3)n1)CCN(C[C@H]1CCCNC1)CC2. The first-order valence-corrected chi connectivity index (χ1v) is 9.86. The van der Waals surface area contributed by atoms with Gasteiger partial charge in [-0.1, -0.05) is 0 Å². The fraction of sp³-hybridized carbons (Fsp3) is 0.632. The maximum Gasteiger partial charge on any atom is 0.132 e. The Bertz CT molecular complexity index is 679. The molecule has 7 heteroatoms. The van der Waals surface area contributed by atoms with Crippen LogP contribution in [0.25, 0.3) is 0 Å². The van der Waals surface area contributed by atoms with Gasteiger partial charge in [-0.2, -0.15) is 5.10 Å². The minimum atomic E-state index is 0.795. The molecule has 0 aromatic carbocycles. The number of aromatic nitrogens is 4. The van der Waals surface area contributed by atoms with Crippen LogP contribution in [-0.4, -0.2) is 64.3 Å². The zero-order valence-corrected chi connectivity index (χ0v) is 15.4. The van der Waals surface area contributed by atoms with Gasteiger partial charge in [0.25, 0.3) is 0 Å². The molecule has 2 aromatic heterocycles. The summed E-state index contributed by atoms with van der Waals surface area (Å²) in [4.78, 5) is 11.7. The quantitative estimate of drug-likeness (QED) is 0.724. The molecule has 1 atom stereocenters. The average molecular weight is 355 g/mol. The number of rotatable bonds is 6. The van der Waals surface area contributed by atoms with Crippen molar-refractivity contribution in [1.82, 2.24) is 30.4 Å². The van der Waals surface area contributed by atoms with Crippen LogP contribution in [0, 0.1) is 5.92 Å². The highest BCUT2D eigenvalue weighted by molar-refractivity contribution is 5.46. The molecule has 4 heterocycles. The third-order valence-corrected chi connectivity index (χ3v) is 5.55. The predicted octanol–water partition coefficient (Wildman–Crippen LogP) is 1.25. The van der Waals surface area contributed by atoms with Crippen LogP contribution in [0.15, 0.2) is 18.7 Å². The van der Waals surface area contributed by atoms with Crippen LogP contribution in [0.5, 0.6) is 0 Å². The lowest BCUT2D eigenvalue weighted by Gasteiger charge is -2.29. The van der Waals surface area contributed by atoms with Crippen LogP contribution < -0.4 is 10.6 Å². The first kappa shape index (κ1) is 17.4. The summed E-state index contributed by atoms with van der Waals surface area (Å²) in [5.41, 5.74) is 3.74. The Balaban J connectivity index is 1.34. The third-order valence-electron chi connectivity index (χ3n) is 5.55. The molecule has 26 heavy (non-hydrogen) atoms. The molecule has 0 radical (unpaired) electrons. The summed E-state index contributed by atoms with van der Waals surface area (Å²) < 4.78 is 0. The van der Waals surface area contributed by atoms with E-state index in [9.17, 15) is 0 Å². The van der Waals surface area contributed by atoms with Gasteiger partial charge >= 0.3 is 0 Å². The van der Waals surface area contributed by atoms with E-state index >= 15 is 0 Å². The Morgan fingerprint density at radius 3 is 3.04 bits per heavy atom. The van der Waals surface area contributed by atoms with Crippen molar-refractivity contribution in [1.29, 1.82) is 0 Å². The highest BCUT2D eigenvalue weighted by Crippen LogP contribution is 2.21. The molecule has 2 aliphatic rings. The lowest BCUT2D eigenvalue weighted by molar-refractivity contribution is 0.215. The zero-order valence-electron chi connectivity index (χ0n) is 15.4. The molecule has 0 bridgehead atoms. The number of hydrogen-bond acceptors (Lipinski definition) is 6. The summed E-state index contributed by atoms with van der Waals surface area (Å²) >= 11 is 0. The number of H-pyrrole nitrogens is 1. The fourth-order valence-electron chi connectivity index (χ4n) is 4.09. The average Bonchev–Trinajstić information content (AvgIpc) is 3.10. The second-order valence-corrected chi connectivity index (χ2v) is 7.44.